The van der Waals surface area contributed by atoms with Crippen molar-refractivity contribution < 1.29 is 23.9 Å². The van der Waals surface area contributed by atoms with E-state index in [1.807, 2.05) is 12.1 Å². The van der Waals surface area contributed by atoms with Crippen molar-refractivity contribution in [1.82, 2.24) is 0 Å². The topological polar surface area (TPSA) is 97.0 Å². The van der Waals surface area contributed by atoms with Crippen LogP contribution in [-0.2, 0) is 19.1 Å². The number of carbonyl (C=O) groups is 3. The fraction of sp³-hybridized carbons (Fsp3) is 0.348. The number of methoxy groups -OCH3 is 1. The van der Waals surface area contributed by atoms with Crippen LogP contribution < -0.4 is 20.3 Å². The van der Waals surface area contributed by atoms with Crippen molar-refractivity contribution in [2.24, 2.45) is 5.92 Å². The molecule has 8 heteroatoms. The van der Waals surface area contributed by atoms with Gasteiger partial charge in [0.05, 0.1) is 13.0 Å². The summed E-state index contributed by atoms with van der Waals surface area (Å²) in [7, 11) is 1.57. The van der Waals surface area contributed by atoms with Crippen LogP contribution in [0.5, 0.6) is 5.75 Å². The molecule has 2 aromatic carbocycles. The molecule has 162 valence electrons. The van der Waals surface area contributed by atoms with Gasteiger partial charge in [0.15, 0.2) is 0 Å². The Morgan fingerprint density at radius 2 is 1.77 bits per heavy atom. The monoisotopic (exact) mass is 423 g/mol. The molecule has 2 aliphatic rings. The number of rotatable bonds is 6. The second-order valence-corrected chi connectivity index (χ2v) is 7.66. The molecule has 2 saturated heterocycles. The van der Waals surface area contributed by atoms with Crippen LogP contribution in [0.25, 0.3) is 0 Å². The molecule has 2 aliphatic heterocycles. The Morgan fingerprint density at radius 3 is 2.42 bits per heavy atom. The van der Waals surface area contributed by atoms with E-state index < -0.39 is 12.0 Å². The lowest BCUT2D eigenvalue weighted by atomic mass is 10.1. The number of hydrogen-bond acceptors (Lipinski definition) is 5. The SMILES string of the molecule is COc1cccc(N2C[C@@H](C(=O)Nc3ccc(NC(=O)[C@@H]4CCCO4)cc3)CC2=O)c1. The Labute approximate surface area is 180 Å². The van der Waals surface area contributed by atoms with Crippen LogP contribution >= 0.6 is 0 Å². The van der Waals surface area contributed by atoms with Crippen LogP contribution in [0.2, 0.25) is 0 Å². The summed E-state index contributed by atoms with van der Waals surface area (Å²) in [6.07, 6.45) is 1.37. The lowest BCUT2D eigenvalue weighted by Crippen LogP contribution is -2.28. The van der Waals surface area contributed by atoms with E-state index in [1.165, 1.54) is 0 Å². The molecule has 0 saturated carbocycles. The molecule has 0 bridgehead atoms. The van der Waals surface area contributed by atoms with Gasteiger partial charge in [-0.3, -0.25) is 14.4 Å². The standard InChI is InChI=1S/C23H25N3O5/c1-30-19-5-2-4-18(13-19)26-14-15(12-21(26)27)22(28)24-16-7-9-17(10-8-16)25-23(29)20-6-3-11-31-20/h2,4-5,7-10,13,15,20H,3,6,11-12,14H2,1H3,(H,24,28)(H,25,29)/t15-,20-/m0/s1. The van der Waals surface area contributed by atoms with Gasteiger partial charge in [0.25, 0.3) is 5.91 Å². The highest BCUT2D eigenvalue weighted by Crippen LogP contribution is 2.28. The van der Waals surface area contributed by atoms with E-state index in [9.17, 15) is 14.4 Å². The van der Waals surface area contributed by atoms with E-state index in [0.717, 1.165) is 12.8 Å². The molecule has 2 N–H and O–H groups in total. The van der Waals surface area contributed by atoms with E-state index in [-0.39, 0.29) is 24.1 Å². The average molecular weight is 423 g/mol. The molecule has 0 unspecified atom stereocenters. The van der Waals surface area contributed by atoms with Gasteiger partial charge in [-0.1, -0.05) is 6.07 Å². The first-order chi connectivity index (χ1) is 15.0. The summed E-state index contributed by atoms with van der Waals surface area (Å²) in [6, 6.07) is 14.1. The molecular formula is C23H25N3O5. The van der Waals surface area contributed by atoms with Gasteiger partial charge < -0.3 is 25.0 Å². The smallest absolute Gasteiger partial charge is 0.253 e. The number of nitrogens with one attached hydrogen (secondary N) is 2. The molecule has 2 atom stereocenters. The Balaban J connectivity index is 1.33. The molecule has 4 rings (SSSR count). The van der Waals surface area contributed by atoms with Gasteiger partial charge in [0, 0.05) is 42.7 Å². The number of ether oxygens (including phenoxy) is 2. The van der Waals surface area contributed by atoms with Gasteiger partial charge >= 0.3 is 0 Å². The van der Waals surface area contributed by atoms with Crippen molar-refractivity contribution in [3.8, 4) is 5.75 Å². The minimum absolute atomic E-state index is 0.0967. The first-order valence-corrected chi connectivity index (χ1v) is 10.3. The lowest BCUT2D eigenvalue weighted by molar-refractivity contribution is -0.124. The van der Waals surface area contributed by atoms with Crippen molar-refractivity contribution in [3.05, 3.63) is 48.5 Å². The van der Waals surface area contributed by atoms with Crippen molar-refractivity contribution in [2.75, 3.05) is 35.8 Å². The zero-order valence-electron chi connectivity index (χ0n) is 17.3. The molecule has 2 fully saturated rings. The maximum Gasteiger partial charge on any atom is 0.253 e. The van der Waals surface area contributed by atoms with E-state index >= 15 is 0 Å². The first-order valence-electron chi connectivity index (χ1n) is 10.3. The summed E-state index contributed by atoms with van der Waals surface area (Å²) in [5, 5.41) is 5.68. The van der Waals surface area contributed by atoms with Gasteiger partial charge in [-0.25, -0.2) is 0 Å². The third-order valence-electron chi connectivity index (χ3n) is 5.50. The second-order valence-electron chi connectivity index (χ2n) is 7.66. The second kappa shape index (κ2) is 9.18. The highest BCUT2D eigenvalue weighted by atomic mass is 16.5. The maximum absolute atomic E-state index is 12.7. The molecule has 0 spiro atoms. The predicted molar refractivity (Wildman–Crippen MR) is 116 cm³/mol. The number of hydrogen-bond donors (Lipinski definition) is 2. The number of nitrogens with zero attached hydrogens (tertiary/aromatic N) is 1. The molecule has 0 radical (unpaired) electrons. The summed E-state index contributed by atoms with van der Waals surface area (Å²) >= 11 is 0. The van der Waals surface area contributed by atoms with Gasteiger partial charge in [-0.05, 0) is 49.2 Å². The Kier molecular flexibility index (Phi) is 6.18. The third-order valence-corrected chi connectivity index (χ3v) is 5.50. The lowest BCUT2D eigenvalue weighted by Gasteiger charge is -2.17. The van der Waals surface area contributed by atoms with Crippen LogP contribution in [-0.4, -0.2) is 44.1 Å². The molecule has 0 aromatic heterocycles. The van der Waals surface area contributed by atoms with Crippen LogP contribution in [0.1, 0.15) is 19.3 Å². The fourth-order valence-corrected chi connectivity index (χ4v) is 3.80. The molecule has 2 aromatic rings. The highest BCUT2D eigenvalue weighted by Gasteiger charge is 2.35. The first kappa shape index (κ1) is 20.9. The van der Waals surface area contributed by atoms with Crippen LogP contribution in [0, 0.1) is 5.92 Å². The van der Waals surface area contributed by atoms with E-state index in [0.29, 0.717) is 36.0 Å². The molecule has 3 amide bonds. The number of anilines is 3. The van der Waals surface area contributed by atoms with Crippen LogP contribution in [0.4, 0.5) is 17.1 Å². The average Bonchev–Trinajstić information content (AvgIpc) is 3.45. The number of amides is 3. The van der Waals surface area contributed by atoms with Gasteiger partial charge in [0.2, 0.25) is 11.8 Å². The number of carbonyl (C=O) groups excluding carboxylic acids is 3. The van der Waals surface area contributed by atoms with Crippen LogP contribution in [0.15, 0.2) is 48.5 Å². The summed E-state index contributed by atoms with van der Waals surface area (Å²) in [4.78, 5) is 38.9. The van der Waals surface area contributed by atoms with Gasteiger partial charge in [-0.2, -0.15) is 0 Å². The summed E-state index contributed by atoms with van der Waals surface area (Å²) in [6.45, 7) is 0.926. The quantitative estimate of drug-likeness (QED) is 0.745. The third kappa shape index (κ3) is 4.86. The van der Waals surface area contributed by atoms with Crippen molar-refractivity contribution >= 4 is 34.8 Å². The molecule has 8 nitrogen and oxygen atoms in total. The predicted octanol–water partition coefficient (Wildman–Crippen LogP) is 2.80. The van der Waals surface area contributed by atoms with Crippen LogP contribution in [0.3, 0.4) is 0 Å². The van der Waals surface area contributed by atoms with Gasteiger partial charge in [0.1, 0.15) is 11.9 Å². The largest absolute Gasteiger partial charge is 0.497 e. The zero-order chi connectivity index (χ0) is 21.8. The minimum atomic E-state index is -0.447. The molecular weight excluding hydrogens is 398 g/mol. The van der Waals surface area contributed by atoms with Gasteiger partial charge in [-0.15, -0.1) is 0 Å². The van der Waals surface area contributed by atoms with Crippen molar-refractivity contribution in [1.29, 1.82) is 0 Å². The normalized spacial score (nSPS) is 20.5. The summed E-state index contributed by atoms with van der Waals surface area (Å²) in [5.41, 5.74) is 1.96. The van der Waals surface area contributed by atoms with Crippen molar-refractivity contribution in [2.45, 2.75) is 25.4 Å². The Morgan fingerprint density at radius 1 is 1.06 bits per heavy atom. The summed E-state index contributed by atoms with van der Waals surface area (Å²) < 4.78 is 10.6. The molecule has 0 aliphatic carbocycles. The minimum Gasteiger partial charge on any atom is -0.497 e. The highest BCUT2D eigenvalue weighted by molar-refractivity contribution is 6.03. The molecule has 31 heavy (non-hydrogen) atoms. The Hall–Kier alpha value is -3.39. The fourth-order valence-electron chi connectivity index (χ4n) is 3.80. The molecule has 2 heterocycles. The zero-order valence-corrected chi connectivity index (χ0v) is 17.3. The van der Waals surface area contributed by atoms with Crippen molar-refractivity contribution in [3.63, 3.8) is 0 Å². The van der Waals surface area contributed by atoms with E-state index in [1.54, 1.807) is 48.4 Å². The maximum atomic E-state index is 12.7. The Bertz CT molecular complexity index is 969. The summed E-state index contributed by atoms with van der Waals surface area (Å²) in [5.74, 6) is -0.255. The number of benzene rings is 2. The van der Waals surface area contributed by atoms with E-state index in [4.69, 9.17) is 9.47 Å². The van der Waals surface area contributed by atoms with E-state index in [2.05, 4.69) is 10.6 Å².